The zero-order valence-electron chi connectivity index (χ0n) is 14.2. The van der Waals surface area contributed by atoms with Crippen LogP contribution in [0.15, 0.2) is 47.3 Å². The molecule has 0 saturated carbocycles. The van der Waals surface area contributed by atoms with Crippen molar-refractivity contribution in [1.29, 1.82) is 0 Å². The van der Waals surface area contributed by atoms with Crippen LogP contribution in [0.2, 0.25) is 0 Å². The molecule has 2 aromatic carbocycles. The van der Waals surface area contributed by atoms with Crippen molar-refractivity contribution >= 4 is 10.9 Å². The molecule has 0 bridgehead atoms. The van der Waals surface area contributed by atoms with Crippen molar-refractivity contribution in [2.24, 2.45) is 0 Å². The molecule has 0 amide bonds. The lowest BCUT2D eigenvalue weighted by Gasteiger charge is -2.12. The number of nitrogens with zero attached hydrogens (tertiary/aromatic N) is 1. The fourth-order valence-corrected chi connectivity index (χ4v) is 2.51. The van der Waals surface area contributed by atoms with E-state index >= 15 is 0 Å². The molecule has 0 radical (unpaired) electrons. The average molecular weight is 340 g/mol. The molecule has 0 aliphatic rings. The maximum atomic E-state index is 12.3. The van der Waals surface area contributed by atoms with Gasteiger partial charge in [0.05, 0.1) is 24.6 Å². The van der Waals surface area contributed by atoms with Gasteiger partial charge in [-0.1, -0.05) is 12.1 Å². The first-order chi connectivity index (χ1) is 12.2. The molecular formula is C19H20N2O4. The molecule has 0 unspecified atom stereocenters. The van der Waals surface area contributed by atoms with Gasteiger partial charge in [0.1, 0.15) is 12.4 Å². The minimum atomic E-state index is -0.171. The lowest BCUT2D eigenvalue weighted by molar-refractivity contribution is 0.109. The van der Waals surface area contributed by atoms with E-state index in [-0.39, 0.29) is 5.56 Å². The predicted molar refractivity (Wildman–Crippen MR) is 96.3 cm³/mol. The molecular weight excluding hydrogens is 320 g/mol. The molecule has 25 heavy (non-hydrogen) atoms. The number of nitrogens with one attached hydrogen (secondary N) is 1. The number of fused-ring (bicyclic) bond motifs is 1. The van der Waals surface area contributed by atoms with E-state index in [2.05, 4.69) is 9.97 Å². The van der Waals surface area contributed by atoms with Crippen LogP contribution in [0.25, 0.3) is 22.3 Å². The molecule has 0 atom stereocenters. The van der Waals surface area contributed by atoms with Crippen molar-refractivity contribution < 1.29 is 14.2 Å². The highest BCUT2D eigenvalue weighted by molar-refractivity contribution is 5.79. The molecule has 0 aliphatic carbocycles. The molecule has 0 saturated heterocycles. The first-order valence-corrected chi connectivity index (χ1v) is 8.11. The van der Waals surface area contributed by atoms with Crippen molar-refractivity contribution in [2.75, 3.05) is 26.9 Å². The van der Waals surface area contributed by atoms with Gasteiger partial charge in [0, 0.05) is 12.2 Å². The Kier molecular flexibility index (Phi) is 5.30. The minimum absolute atomic E-state index is 0.171. The number of methoxy groups -OCH3 is 1. The van der Waals surface area contributed by atoms with Crippen molar-refractivity contribution in [3.8, 4) is 22.9 Å². The van der Waals surface area contributed by atoms with Crippen LogP contribution in [-0.2, 0) is 4.74 Å². The highest BCUT2D eigenvalue weighted by Gasteiger charge is 2.10. The number of ether oxygens (including phenoxy) is 3. The van der Waals surface area contributed by atoms with Gasteiger partial charge in [-0.05, 0) is 37.3 Å². The van der Waals surface area contributed by atoms with Gasteiger partial charge in [-0.2, -0.15) is 0 Å². The van der Waals surface area contributed by atoms with Gasteiger partial charge < -0.3 is 19.2 Å². The van der Waals surface area contributed by atoms with Crippen LogP contribution in [0.3, 0.4) is 0 Å². The van der Waals surface area contributed by atoms with Crippen LogP contribution in [-0.4, -0.2) is 36.9 Å². The molecule has 3 aromatic rings. The van der Waals surface area contributed by atoms with Crippen molar-refractivity contribution in [3.63, 3.8) is 0 Å². The highest BCUT2D eigenvalue weighted by Crippen LogP contribution is 2.31. The van der Waals surface area contributed by atoms with Gasteiger partial charge in [0.15, 0.2) is 11.5 Å². The zero-order valence-corrected chi connectivity index (χ0v) is 14.2. The number of aromatic nitrogens is 2. The first-order valence-electron chi connectivity index (χ1n) is 8.11. The molecule has 1 N–H and O–H groups in total. The number of hydrogen-bond donors (Lipinski definition) is 1. The summed E-state index contributed by atoms with van der Waals surface area (Å²) in [5.74, 6) is 1.68. The smallest absolute Gasteiger partial charge is 0.259 e. The van der Waals surface area contributed by atoms with Gasteiger partial charge in [0.2, 0.25) is 0 Å². The summed E-state index contributed by atoms with van der Waals surface area (Å²) in [7, 11) is 1.58. The number of hydrogen-bond acceptors (Lipinski definition) is 5. The van der Waals surface area contributed by atoms with E-state index in [0.29, 0.717) is 48.0 Å². The maximum absolute atomic E-state index is 12.3. The Hall–Kier alpha value is -2.86. The van der Waals surface area contributed by atoms with Gasteiger partial charge >= 0.3 is 0 Å². The largest absolute Gasteiger partial charge is 0.493 e. The summed E-state index contributed by atoms with van der Waals surface area (Å²) < 4.78 is 16.4. The van der Waals surface area contributed by atoms with Crippen LogP contribution in [0.4, 0.5) is 0 Å². The second-order valence-corrected chi connectivity index (χ2v) is 5.34. The minimum Gasteiger partial charge on any atom is -0.493 e. The summed E-state index contributed by atoms with van der Waals surface area (Å²) in [6.07, 6.45) is 0. The maximum Gasteiger partial charge on any atom is 0.259 e. The predicted octanol–water partition coefficient (Wildman–Crippen LogP) is 3.01. The monoisotopic (exact) mass is 340 g/mol. The second kappa shape index (κ2) is 7.81. The molecule has 6 nitrogen and oxygen atoms in total. The van der Waals surface area contributed by atoms with E-state index in [9.17, 15) is 4.79 Å². The standard InChI is InChI=1S/C19H20N2O4/c1-3-24-10-11-25-17-12-13(8-9-16(17)23-2)18-20-15-7-5-4-6-14(15)19(22)21-18/h4-9,12H,3,10-11H2,1-2H3,(H,20,21,22). The van der Waals surface area contributed by atoms with Crippen molar-refractivity contribution in [3.05, 3.63) is 52.8 Å². The number of H-pyrrole nitrogens is 1. The summed E-state index contributed by atoms with van der Waals surface area (Å²) in [5.41, 5.74) is 1.22. The van der Waals surface area contributed by atoms with Gasteiger partial charge in [0.25, 0.3) is 5.56 Å². The van der Waals surface area contributed by atoms with Gasteiger partial charge in [-0.15, -0.1) is 0 Å². The number of rotatable bonds is 7. The second-order valence-electron chi connectivity index (χ2n) is 5.34. The van der Waals surface area contributed by atoms with Crippen molar-refractivity contribution in [1.82, 2.24) is 9.97 Å². The lowest BCUT2D eigenvalue weighted by atomic mass is 10.1. The van der Waals surface area contributed by atoms with E-state index in [1.54, 1.807) is 25.3 Å². The summed E-state index contributed by atoms with van der Waals surface area (Å²) in [5, 5.41) is 0.563. The normalized spacial score (nSPS) is 10.8. The van der Waals surface area contributed by atoms with Crippen LogP contribution in [0, 0.1) is 0 Å². The molecule has 6 heteroatoms. The topological polar surface area (TPSA) is 73.4 Å². The third-order valence-electron chi connectivity index (χ3n) is 3.74. The Morgan fingerprint density at radius 3 is 2.72 bits per heavy atom. The third-order valence-corrected chi connectivity index (χ3v) is 3.74. The fourth-order valence-electron chi connectivity index (χ4n) is 2.51. The van der Waals surface area contributed by atoms with Crippen LogP contribution >= 0.6 is 0 Å². The van der Waals surface area contributed by atoms with Crippen molar-refractivity contribution in [2.45, 2.75) is 6.92 Å². The van der Waals surface area contributed by atoms with E-state index in [0.717, 1.165) is 5.56 Å². The summed E-state index contributed by atoms with van der Waals surface area (Å²) in [6, 6.07) is 12.7. The Morgan fingerprint density at radius 1 is 1.08 bits per heavy atom. The Morgan fingerprint density at radius 2 is 1.92 bits per heavy atom. The van der Waals surface area contributed by atoms with Gasteiger partial charge in [-0.25, -0.2) is 4.98 Å². The number of aromatic amines is 1. The average Bonchev–Trinajstić information content (AvgIpc) is 2.65. The van der Waals surface area contributed by atoms with Crippen LogP contribution < -0.4 is 15.0 Å². The molecule has 130 valence electrons. The van der Waals surface area contributed by atoms with E-state index in [1.165, 1.54) is 0 Å². The Labute approximate surface area is 145 Å². The Bertz CT molecular complexity index is 921. The quantitative estimate of drug-likeness (QED) is 0.669. The SMILES string of the molecule is CCOCCOc1cc(-c2nc3ccccc3c(=O)[nH]2)ccc1OC. The molecule has 3 rings (SSSR count). The Balaban J connectivity index is 1.95. The third kappa shape index (κ3) is 3.80. The summed E-state index contributed by atoms with van der Waals surface area (Å²) in [6.45, 7) is 3.48. The number of para-hydroxylation sites is 1. The molecule has 1 heterocycles. The van der Waals surface area contributed by atoms with Gasteiger partial charge in [-0.3, -0.25) is 4.79 Å². The van der Waals surface area contributed by atoms with E-state index < -0.39 is 0 Å². The molecule has 0 spiro atoms. The van der Waals surface area contributed by atoms with E-state index in [4.69, 9.17) is 14.2 Å². The van der Waals surface area contributed by atoms with Crippen LogP contribution in [0.5, 0.6) is 11.5 Å². The van der Waals surface area contributed by atoms with E-state index in [1.807, 2.05) is 31.2 Å². The molecule has 1 aromatic heterocycles. The zero-order chi connectivity index (χ0) is 17.6. The summed E-state index contributed by atoms with van der Waals surface area (Å²) in [4.78, 5) is 19.6. The van der Waals surface area contributed by atoms with Crippen LogP contribution in [0.1, 0.15) is 6.92 Å². The highest BCUT2D eigenvalue weighted by atomic mass is 16.5. The first kappa shape index (κ1) is 17.0. The molecule has 0 aliphatic heterocycles. The lowest BCUT2D eigenvalue weighted by Crippen LogP contribution is -2.10. The fraction of sp³-hybridized carbons (Fsp3) is 0.263. The number of benzene rings is 2. The molecule has 0 fully saturated rings. The summed E-state index contributed by atoms with van der Waals surface area (Å²) >= 11 is 0.